The first-order valence-corrected chi connectivity index (χ1v) is 6.54. The summed E-state index contributed by atoms with van der Waals surface area (Å²) >= 11 is 0. The minimum absolute atomic E-state index is 0.110. The molecular weight excluding hydrogens is 278 g/mol. The highest BCUT2D eigenvalue weighted by molar-refractivity contribution is 5.93. The zero-order chi connectivity index (χ0) is 15.2. The van der Waals surface area contributed by atoms with Crippen LogP contribution in [-0.4, -0.2) is 43.7 Å². The number of nitro benzene ring substituents is 1. The Bertz CT molecular complexity index is 529. The Hall–Kier alpha value is -2.19. The lowest BCUT2D eigenvalue weighted by Crippen LogP contribution is -2.40. The number of carbonyl (C=O) groups excluding carboxylic acids is 1. The molecule has 1 aliphatic rings. The van der Waals surface area contributed by atoms with Crippen molar-refractivity contribution in [2.45, 2.75) is 12.5 Å². The van der Waals surface area contributed by atoms with Gasteiger partial charge in [0.25, 0.3) is 5.69 Å². The molecule has 1 aromatic carbocycles. The molecule has 0 spiro atoms. The van der Waals surface area contributed by atoms with Gasteiger partial charge in [0.2, 0.25) is 5.91 Å². The Labute approximate surface area is 121 Å². The minimum Gasteiger partial charge on any atom is -0.495 e. The van der Waals surface area contributed by atoms with Gasteiger partial charge in [-0.15, -0.1) is 0 Å². The van der Waals surface area contributed by atoms with Gasteiger partial charge < -0.3 is 20.1 Å². The first kappa shape index (κ1) is 15.2. The summed E-state index contributed by atoms with van der Waals surface area (Å²) in [6.07, 6.45) is -0.0118. The molecule has 1 saturated heterocycles. The van der Waals surface area contributed by atoms with Crippen molar-refractivity contribution in [3.63, 3.8) is 0 Å². The zero-order valence-electron chi connectivity index (χ0n) is 11.6. The minimum atomic E-state index is -0.525. The summed E-state index contributed by atoms with van der Waals surface area (Å²) in [6, 6.07) is 4.05. The number of hydrogen-bond donors (Lipinski definition) is 2. The number of rotatable bonds is 5. The number of amides is 1. The van der Waals surface area contributed by atoms with Crippen molar-refractivity contribution in [2.24, 2.45) is 0 Å². The molecule has 21 heavy (non-hydrogen) atoms. The van der Waals surface area contributed by atoms with E-state index in [-0.39, 0.29) is 29.8 Å². The van der Waals surface area contributed by atoms with Gasteiger partial charge in [-0.1, -0.05) is 0 Å². The predicted octanol–water partition coefficient (Wildman–Crippen LogP) is 0.920. The largest absolute Gasteiger partial charge is 0.495 e. The molecule has 0 bridgehead atoms. The molecule has 1 aromatic rings. The van der Waals surface area contributed by atoms with E-state index in [0.29, 0.717) is 18.9 Å². The van der Waals surface area contributed by atoms with Crippen LogP contribution >= 0.6 is 0 Å². The van der Waals surface area contributed by atoms with Crippen LogP contribution in [0, 0.1) is 10.1 Å². The monoisotopic (exact) mass is 295 g/mol. The Balaban J connectivity index is 2.04. The normalized spacial score (nSPS) is 18.0. The summed E-state index contributed by atoms with van der Waals surface area (Å²) in [5.41, 5.74) is 0.169. The summed E-state index contributed by atoms with van der Waals surface area (Å²) < 4.78 is 10.5. The van der Waals surface area contributed by atoms with Gasteiger partial charge in [-0.3, -0.25) is 14.9 Å². The summed E-state index contributed by atoms with van der Waals surface area (Å²) in [7, 11) is 1.44. The van der Waals surface area contributed by atoms with Gasteiger partial charge in [-0.25, -0.2) is 0 Å². The number of non-ortho nitro benzene ring substituents is 1. The van der Waals surface area contributed by atoms with Crippen molar-refractivity contribution in [3.05, 3.63) is 28.3 Å². The van der Waals surface area contributed by atoms with Crippen LogP contribution in [0.4, 0.5) is 11.4 Å². The van der Waals surface area contributed by atoms with Crippen LogP contribution < -0.4 is 15.4 Å². The maximum absolute atomic E-state index is 12.0. The third-order valence-corrected chi connectivity index (χ3v) is 3.09. The lowest BCUT2D eigenvalue weighted by Gasteiger charge is -2.23. The van der Waals surface area contributed by atoms with E-state index >= 15 is 0 Å². The van der Waals surface area contributed by atoms with E-state index in [4.69, 9.17) is 9.47 Å². The van der Waals surface area contributed by atoms with Crippen LogP contribution in [-0.2, 0) is 9.53 Å². The maximum atomic E-state index is 12.0. The average Bonchev–Trinajstić information content (AvgIpc) is 2.48. The molecule has 1 heterocycles. The van der Waals surface area contributed by atoms with E-state index in [9.17, 15) is 14.9 Å². The number of anilines is 1. The second-order valence-corrected chi connectivity index (χ2v) is 4.59. The van der Waals surface area contributed by atoms with Crippen LogP contribution in [0.15, 0.2) is 18.2 Å². The van der Waals surface area contributed by atoms with Gasteiger partial charge in [0.15, 0.2) is 0 Å². The van der Waals surface area contributed by atoms with E-state index in [1.165, 1.54) is 25.3 Å². The average molecular weight is 295 g/mol. The molecule has 1 fully saturated rings. The highest BCUT2D eigenvalue weighted by atomic mass is 16.6. The van der Waals surface area contributed by atoms with E-state index in [2.05, 4.69) is 10.6 Å². The molecule has 0 aliphatic carbocycles. The number of nitrogens with one attached hydrogen (secondary N) is 2. The second-order valence-electron chi connectivity index (χ2n) is 4.59. The first-order valence-electron chi connectivity index (χ1n) is 6.54. The first-order chi connectivity index (χ1) is 10.1. The predicted molar refractivity (Wildman–Crippen MR) is 75.5 cm³/mol. The highest BCUT2D eigenvalue weighted by Gasteiger charge is 2.19. The van der Waals surface area contributed by atoms with Gasteiger partial charge in [0, 0.05) is 25.2 Å². The summed E-state index contributed by atoms with van der Waals surface area (Å²) in [5, 5.41) is 16.5. The summed E-state index contributed by atoms with van der Waals surface area (Å²) in [4.78, 5) is 22.2. The second kappa shape index (κ2) is 7.00. The number of methoxy groups -OCH3 is 1. The molecule has 0 aromatic heterocycles. The van der Waals surface area contributed by atoms with E-state index in [1.807, 2.05) is 0 Å². The van der Waals surface area contributed by atoms with Gasteiger partial charge in [0.1, 0.15) is 5.75 Å². The fraction of sp³-hybridized carbons (Fsp3) is 0.462. The molecule has 8 nitrogen and oxygen atoms in total. The summed E-state index contributed by atoms with van der Waals surface area (Å²) in [5.74, 6) is 0.0964. The lowest BCUT2D eigenvalue weighted by atomic mass is 10.2. The Morgan fingerprint density at radius 3 is 3.05 bits per heavy atom. The lowest BCUT2D eigenvalue weighted by molar-refractivity contribution is -0.384. The van der Waals surface area contributed by atoms with Crippen molar-refractivity contribution < 1.29 is 19.2 Å². The zero-order valence-corrected chi connectivity index (χ0v) is 11.6. The molecule has 1 aliphatic heterocycles. The molecule has 2 N–H and O–H groups in total. The molecule has 1 amide bonds. The van der Waals surface area contributed by atoms with Crippen LogP contribution in [0.25, 0.3) is 0 Å². The molecule has 1 atom stereocenters. The van der Waals surface area contributed by atoms with Gasteiger partial charge >= 0.3 is 0 Å². The Kier molecular flexibility index (Phi) is 5.07. The molecule has 2 rings (SSSR count). The number of nitrogens with zero attached hydrogens (tertiary/aromatic N) is 1. The number of carbonyl (C=O) groups is 1. The Morgan fingerprint density at radius 1 is 1.62 bits per heavy atom. The van der Waals surface area contributed by atoms with Gasteiger partial charge in [-0.05, 0) is 6.07 Å². The quantitative estimate of drug-likeness (QED) is 0.618. The standard InChI is InChI=1S/C13H17N3O5/c1-20-12-3-2-9(16(18)19)6-11(12)15-13(17)7-10-8-14-4-5-21-10/h2-3,6,10,14H,4-5,7-8H2,1H3,(H,15,17). The van der Waals surface area contributed by atoms with Crippen molar-refractivity contribution >= 4 is 17.3 Å². The van der Waals surface area contributed by atoms with Crippen molar-refractivity contribution in [3.8, 4) is 5.75 Å². The summed E-state index contributed by atoms with van der Waals surface area (Å²) in [6.45, 7) is 1.95. The molecule has 8 heteroatoms. The third kappa shape index (κ3) is 4.14. The molecule has 114 valence electrons. The SMILES string of the molecule is COc1ccc([N+](=O)[O-])cc1NC(=O)CC1CNCCO1. The van der Waals surface area contributed by atoms with Crippen LogP contribution in [0.1, 0.15) is 6.42 Å². The topological polar surface area (TPSA) is 103 Å². The number of hydrogen-bond acceptors (Lipinski definition) is 6. The van der Waals surface area contributed by atoms with Crippen LogP contribution in [0.5, 0.6) is 5.75 Å². The maximum Gasteiger partial charge on any atom is 0.271 e. The van der Waals surface area contributed by atoms with Gasteiger partial charge in [0.05, 0.1) is 36.9 Å². The fourth-order valence-electron chi connectivity index (χ4n) is 2.07. The van der Waals surface area contributed by atoms with E-state index in [1.54, 1.807) is 0 Å². The smallest absolute Gasteiger partial charge is 0.271 e. The van der Waals surface area contributed by atoms with E-state index < -0.39 is 4.92 Å². The van der Waals surface area contributed by atoms with Crippen LogP contribution in [0.3, 0.4) is 0 Å². The Morgan fingerprint density at radius 2 is 2.43 bits per heavy atom. The van der Waals surface area contributed by atoms with Crippen molar-refractivity contribution in [1.29, 1.82) is 0 Å². The number of ether oxygens (including phenoxy) is 2. The third-order valence-electron chi connectivity index (χ3n) is 3.09. The van der Waals surface area contributed by atoms with Gasteiger partial charge in [-0.2, -0.15) is 0 Å². The molecule has 0 radical (unpaired) electrons. The molecule has 1 unspecified atom stereocenters. The highest BCUT2D eigenvalue weighted by Crippen LogP contribution is 2.29. The number of benzene rings is 1. The van der Waals surface area contributed by atoms with Crippen LogP contribution in [0.2, 0.25) is 0 Å². The number of nitro groups is 1. The number of morpholine rings is 1. The van der Waals surface area contributed by atoms with E-state index in [0.717, 1.165) is 6.54 Å². The van der Waals surface area contributed by atoms with Crippen molar-refractivity contribution in [2.75, 3.05) is 32.1 Å². The molecule has 0 saturated carbocycles. The molecular formula is C13H17N3O5. The van der Waals surface area contributed by atoms with Crippen molar-refractivity contribution in [1.82, 2.24) is 5.32 Å². The fourth-order valence-corrected chi connectivity index (χ4v) is 2.07.